The summed E-state index contributed by atoms with van der Waals surface area (Å²) in [4.78, 5) is 14.6. The number of hydrogen-bond acceptors (Lipinski definition) is 3. The fourth-order valence-electron chi connectivity index (χ4n) is 2.49. The number of nitriles is 1. The average molecular weight is 405 g/mol. The normalized spacial score (nSPS) is 11.0. The molecular formula is C23H17ClN2OS. The zero-order valence-electron chi connectivity index (χ0n) is 15.1. The maximum atomic E-state index is 12.4. The van der Waals surface area contributed by atoms with Gasteiger partial charge >= 0.3 is 0 Å². The van der Waals surface area contributed by atoms with Crippen LogP contribution in [0, 0.1) is 18.3 Å². The molecule has 138 valence electrons. The maximum Gasteiger partial charge on any atom is 0.266 e. The van der Waals surface area contributed by atoms with Crippen LogP contribution in [0.15, 0.2) is 88.2 Å². The monoisotopic (exact) mass is 404 g/mol. The first kappa shape index (κ1) is 19.8. The number of nitrogens with one attached hydrogen (secondary N) is 1. The molecule has 3 nitrogen and oxygen atoms in total. The number of amides is 1. The molecule has 0 aliphatic carbocycles. The van der Waals surface area contributed by atoms with Crippen molar-refractivity contribution in [2.24, 2.45) is 0 Å². The Morgan fingerprint density at radius 1 is 1.00 bits per heavy atom. The van der Waals surface area contributed by atoms with Gasteiger partial charge in [-0.05, 0) is 66.6 Å². The fourth-order valence-corrected chi connectivity index (χ4v) is 3.43. The Kier molecular flexibility index (Phi) is 6.54. The third-order valence-electron chi connectivity index (χ3n) is 4.00. The van der Waals surface area contributed by atoms with Crippen molar-refractivity contribution >= 4 is 41.0 Å². The number of aryl methyl sites for hydroxylation is 1. The smallest absolute Gasteiger partial charge is 0.266 e. The van der Waals surface area contributed by atoms with E-state index < -0.39 is 5.91 Å². The van der Waals surface area contributed by atoms with Crippen LogP contribution in [-0.4, -0.2) is 5.91 Å². The highest BCUT2D eigenvalue weighted by Crippen LogP contribution is 2.29. The van der Waals surface area contributed by atoms with Gasteiger partial charge in [-0.1, -0.05) is 53.7 Å². The quantitative estimate of drug-likeness (QED) is 0.398. The molecule has 0 unspecified atom stereocenters. The van der Waals surface area contributed by atoms with Gasteiger partial charge in [0.25, 0.3) is 5.91 Å². The van der Waals surface area contributed by atoms with E-state index in [2.05, 4.69) is 5.32 Å². The van der Waals surface area contributed by atoms with Crippen LogP contribution in [0.2, 0.25) is 5.02 Å². The second-order valence-corrected chi connectivity index (χ2v) is 7.65. The van der Waals surface area contributed by atoms with Crippen molar-refractivity contribution < 1.29 is 4.79 Å². The Morgan fingerprint density at radius 2 is 1.61 bits per heavy atom. The summed E-state index contributed by atoms with van der Waals surface area (Å²) >= 11 is 7.52. The van der Waals surface area contributed by atoms with E-state index in [0.717, 1.165) is 20.9 Å². The molecule has 0 radical (unpaired) electrons. The number of carbonyl (C=O) groups excluding carboxylic acids is 1. The molecule has 0 atom stereocenters. The topological polar surface area (TPSA) is 52.9 Å². The van der Waals surface area contributed by atoms with Crippen molar-refractivity contribution in [3.63, 3.8) is 0 Å². The van der Waals surface area contributed by atoms with Gasteiger partial charge in [0.1, 0.15) is 11.6 Å². The minimum absolute atomic E-state index is 0.0568. The predicted octanol–water partition coefficient (Wildman–Crippen LogP) is 6.35. The van der Waals surface area contributed by atoms with Crippen molar-refractivity contribution in [2.75, 3.05) is 5.32 Å². The van der Waals surface area contributed by atoms with Crippen molar-refractivity contribution in [3.05, 3.63) is 94.5 Å². The lowest BCUT2D eigenvalue weighted by Gasteiger charge is -2.07. The minimum atomic E-state index is -0.420. The van der Waals surface area contributed by atoms with E-state index in [9.17, 15) is 10.1 Å². The number of nitrogens with zero attached hydrogens (tertiary/aromatic N) is 1. The van der Waals surface area contributed by atoms with E-state index in [1.807, 2.05) is 85.8 Å². The molecule has 5 heteroatoms. The Morgan fingerprint density at radius 3 is 2.21 bits per heavy atom. The van der Waals surface area contributed by atoms with Gasteiger partial charge in [0.15, 0.2) is 0 Å². The Hall–Kier alpha value is -3.00. The molecule has 1 N–H and O–H groups in total. The highest BCUT2D eigenvalue weighted by Gasteiger charge is 2.10. The summed E-state index contributed by atoms with van der Waals surface area (Å²) in [6, 6.07) is 24.8. The molecule has 0 fully saturated rings. The van der Waals surface area contributed by atoms with Gasteiger partial charge in [0.05, 0.1) is 0 Å². The van der Waals surface area contributed by atoms with E-state index in [1.54, 1.807) is 17.8 Å². The molecule has 0 saturated carbocycles. The highest BCUT2D eigenvalue weighted by molar-refractivity contribution is 7.99. The third kappa shape index (κ3) is 5.26. The zero-order chi connectivity index (χ0) is 19.9. The molecule has 1 amide bonds. The van der Waals surface area contributed by atoms with Gasteiger partial charge in [-0.2, -0.15) is 5.26 Å². The van der Waals surface area contributed by atoms with Crippen molar-refractivity contribution in [1.29, 1.82) is 5.26 Å². The van der Waals surface area contributed by atoms with E-state index in [0.29, 0.717) is 10.7 Å². The second-order valence-electron chi connectivity index (χ2n) is 6.06. The number of benzene rings is 3. The lowest BCUT2D eigenvalue weighted by molar-refractivity contribution is -0.112. The SMILES string of the molecule is Cc1ccccc1NC(=O)/C(C#N)=C\c1ccc(Sc2ccc(Cl)cc2)cc1. The number of hydrogen-bond donors (Lipinski definition) is 1. The van der Waals surface area contributed by atoms with Gasteiger partial charge in [0.2, 0.25) is 0 Å². The Bertz CT molecular complexity index is 1050. The lowest BCUT2D eigenvalue weighted by atomic mass is 10.1. The molecular weight excluding hydrogens is 388 g/mol. The van der Waals surface area contributed by atoms with Crippen LogP contribution < -0.4 is 5.32 Å². The molecule has 0 spiro atoms. The first-order chi connectivity index (χ1) is 13.5. The molecule has 0 heterocycles. The summed E-state index contributed by atoms with van der Waals surface area (Å²) in [7, 11) is 0. The third-order valence-corrected chi connectivity index (χ3v) is 5.27. The number of halogens is 1. The molecule has 0 aromatic heterocycles. The zero-order valence-corrected chi connectivity index (χ0v) is 16.7. The van der Waals surface area contributed by atoms with E-state index in [-0.39, 0.29) is 5.57 Å². The molecule has 3 aromatic rings. The van der Waals surface area contributed by atoms with Crippen LogP contribution in [0.25, 0.3) is 6.08 Å². The number of anilines is 1. The molecule has 3 rings (SSSR count). The van der Waals surface area contributed by atoms with Crippen molar-refractivity contribution in [1.82, 2.24) is 0 Å². The van der Waals surface area contributed by atoms with Crippen LogP contribution in [0.4, 0.5) is 5.69 Å². The molecule has 0 bridgehead atoms. The minimum Gasteiger partial charge on any atom is -0.321 e. The molecule has 0 aliphatic rings. The average Bonchev–Trinajstić information content (AvgIpc) is 2.71. The van der Waals surface area contributed by atoms with Crippen LogP contribution in [0.1, 0.15) is 11.1 Å². The van der Waals surface area contributed by atoms with E-state index >= 15 is 0 Å². The van der Waals surface area contributed by atoms with Crippen molar-refractivity contribution in [2.45, 2.75) is 16.7 Å². The maximum absolute atomic E-state index is 12.4. The summed E-state index contributed by atoms with van der Waals surface area (Å²) in [6.07, 6.45) is 1.59. The van der Waals surface area contributed by atoms with Crippen LogP contribution in [-0.2, 0) is 4.79 Å². The van der Waals surface area contributed by atoms with Crippen LogP contribution in [0.5, 0.6) is 0 Å². The largest absolute Gasteiger partial charge is 0.321 e. The summed E-state index contributed by atoms with van der Waals surface area (Å²) in [5.41, 5.74) is 2.48. The molecule has 0 aliphatic heterocycles. The van der Waals surface area contributed by atoms with Gasteiger partial charge < -0.3 is 5.32 Å². The first-order valence-electron chi connectivity index (χ1n) is 8.57. The fraction of sp³-hybridized carbons (Fsp3) is 0.0435. The first-order valence-corrected chi connectivity index (χ1v) is 9.77. The van der Waals surface area contributed by atoms with Crippen LogP contribution >= 0.6 is 23.4 Å². The second kappa shape index (κ2) is 9.27. The summed E-state index contributed by atoms with van der Waals surface area (Å²) in [6.45, 7) is 1.91. The number of rotatable bonds is 5. The molecule has 28 heavy (non-hydrogen) atoms. The molecule has 0 saturated heterocycles. The standard InChI is InChI=1S/C23H17ClN2OS/c1-16-4-2-3-5-22(16)26-23(27)18(15-25)14-17-6-10-20(11-7-17)28-21-12-8-19(24)9-13-21/h2-14H,1H3,(H,26,27)/b18-14-. The van der Waals surface area contributed by atoms with Gasteiger partial charge in [-0.3, -0.25) is 4.79 Å². The predicted molar refractivity (Wildman–Crippen MR) is 115 cm³/mol. The van der Waals surface area contributed by atoms with E-state index in [4.69, 9.17) is 11.6 Å². The lowest BCUT2D eigenvalue weighted by Crippen LogP contribution is -2.14. The highest BCUT2D eigenvalue weighted by atomic mass is 35.5. The van der Waals surface area contributed by atoms with Gasteiger partial charge in [-0.15, -0.1) is 0 Å². The molecule has 3 aromatic carbocycles. The Labute approximate surface area is 173 Å². The Balaban J connectivity index is 1.72. The van der Waals surface area contributed by atoms with Crippen LogP contribution in [0.3, 0.4) is 0 Å². The van der Waals surface area contributed by atoms with Gasteiger partial charge in [0, 0.05) is 20.5 Å². The summed E-state index contributed by atoms with van der Waals surface area (Å²) < 4.78 is 0. The van der Waals surface area contributed by atoms with Crippen molar-refractivity contribution in [3.8, 4) is 6.07 Å². The van der Waals surface area contributed by atoms with E-state index in [1.165, 1.54) is 0 Å². The number of para-hydroxylation sites is 1. The number of carbonyl (C=O) groups is 1. The summed E-state index contributed by atoms with van der Waals surface area (Å²) in [5, 5.41) is 12.9. The summed E-state index contributed by atoms with van der Waals surface area (Å²) in [5.74, 6) is -0.420. The van der Waals surface area contributed by atoms with Gasteiger partial charge in [-0.25, -0.2) is 0 Å².